The Balaban J connectivity index is 1.59. The molecule has 5 rings (SSSR count). The van der Waals surface area contributed by atoms with Gasteiger partial charge >= 0.3 is 12.4 Å². The number of fused-ring (bicyclic) bond motifs is 1. The molecular weight excluding hydrogens is 570 g/mol. The molecule has 2 aliphatic rings. The minimum atomic E-state index is -4.94. The van der Waals surface area contributed by atoms with Crippen LogP contribution in [-0.2, 0) is 30.2 Å². The number of aliphatic imine (C=N–C) groups is 1. The molecule has 232 valence electrons. The van der Waals surface area contributed by atoms with Gasteiger partial charge in [-0.05, 0) is 74.9 Å². The summed E-state index contributed by atoms with van der Waals surface area (Å²) in [5.41, 5.74) is -0.226. The molecule has 1 aliphatic heterocycles. The number of hydrogen-bond donors (Lipinski definition) is 0. The van der Waals surface area contributed by atoms with Crippen molar-refractivity contribution in [2.45, 2.75) is 78.0 Å². The van der Waals surface area contributed by atoms with Gasteiger partial charge in [0, 0.05) is 30.6 Å². The van der Waals surface area contributed by atoms with Crippen molar-refractivity contribution in [1.29, 1.82) is 0 Å². The van der Waals surface area contributed by atoms with Crippen LogP contribution in [0.15, 0.2) is 47.5 Å². The normalized spacial score (nSPS) is 17.8. The van der Waals surface area contributed by atoms with Crippen molar-refractivity contribution in [1.82, 2.24) is 9.88 Å². The third-order valence-corrected chi connectivity index (χ3v) is 8.32. The first kappa shape index (κ1) is 30.9. The molecule has 1 saturated carbocycles. The van der Waals surface area contributed by atoms with Crippen LogP contribution in [-0.4, -0.2) is 41.6 Å². The molecule has 2 aromatic carbocycles. The van der Waals surface area contributed by atoms with Gasteiger partial charge in [0.05, 0.1) is 29.7 Å². The average Bonchev–Trinajstić information content (AvgIpc) is 3.63. The maximum Gasteiger partial charge on any atom is 0.416 e. The van der Waals surface area contributed by atoms with Crippen molar-refractivity contribution in [3.63, 3.8) is 0 Å². The lowest BCUT2D eigenvalue weighted by atomic mass is 10.0. The zero-order valence-corrected chi connectivity index (χ0v) is 24.5. The summed E-state index contributed by atoms with van der Waals surface area (Å²) in [7, 11) is 0. The first-order valence-electron chi connectivity index (χ1n) is 14.7. The molecule has 1 aromatic heterocycles. The van der Waals surface area contributed by atoms with Crippen molar-refractivity contribution >= 4 is 22.7 Å². The van der Waals surface area contributed by atoms with Crippen molar-refractivity contribution < 1.29 is 31.1 Å². The largest absolute Gasteiger partial charge is 0.460 e. The first-order valence-corrected chi connectivity index (χ1v) is 14.7. The zero-order valence-electron chi connectivity index (χ0n) is 24.5. The van der Waals surface area contributed by atoms with Crippen LogP contribution in [0.25, 0.3) is 10.9 Å². The molecule has 0 radical (unpaired) electrons. The molecule has 43 heavy (non-hydrogen) atoms. The Labute approximate surface area is 247 Å². The Morgan fingerprint density at radius 2 is 1.56 bits per heavy atom. The van der Waals surface area contributed by atoms with Crippen molar-refractivity contribution in [2.24, 2.45) is 10.9 Å². The Bertz CT molecular complexity index is 1450. The van der Waals surface area contributed by atoms with Crippen LogP contribution in [0.4, 0.5) is 32.2 Å². The van der Waals surface area contributed by atoms with Gasteiger partial charge in [-0.2, -0.15) is 26.3 Å². The smallest absolute Gasteiger partial charge is 0.416 e. The molecule has 2 heterocycles. The molecule has 0 N–H and O–H groups in total. The van der Waals surface area contributed by atoms with E-state index in [1.165, 1.54) is 12.8 Å². The van der Waals surface area contributed by atoms with Gasteiger partial charge in [-0.25, -0.2) is 9.98 Å². The van der Waals surface area contributed by atoms with Crippen LogP contribution in [0, 0.1) is 12.8 Å². The van der Waals surface area contributed by atoms with Gasteiger partial charge in [0.15, 0.2) is 0 Å². The Morgan fingerprint density at radius 1 is 0.907 bits per heavy atom. The number of halogens is 6. The van der Waals surface area contributed by atoms with E-state index in [-0.39, 0.29) is 36.8 Å². The first-order chi connectivity index (χ1) is 20.3. The molecule has 0 spiro atoms. The number of ether oxygens (including phenoxy) is 1. The van der Waals surface area contributed by atoms with Gasteiger partial charge in [0.25, 0.3) is 6.02 Å². The molecule has 1 atom stereocenters. The van der Waals surface area contributed by atoms with E-state index in [9.17, 15) is 26.3 Å². The van der Waals surface area contributed by atoms with E-state index in [2.05, 4.69) is 16.8 Å². The number of aromatic nitrogens is 1. The molecule has 11 heteroatoms. The number of rotatable bonds is 8. The van der Waals surface area contributed by atoms with Crippen molar-refractivity contribution in [3.05, 3.63) is 70.3 Å². The molecule has 1 aliphatic carbocycles. The van der Waals surface area contributed by atoms with Crippen molar-refractivity contribution in [2.75, 3.05) is 24.5 Å². The lowest BCUT2D eigenvalue weighted by molar-refractivity contribution is -0.143. The SMILES string of the molecule is CCN(CC1CCCC1)c1nc2ccccc2c(C)c1CN(Cc1cc(C(F)(F)F)cc(C(F)(F)F)c1)C1=NCC(C)O1. The highest BCUT2D eigenvalue weighted by atomic mass is 19.4. The summed E-state index contributed by atoms with van der Waals surface area (Å²) in [4.78, 5) is 13.4. The van der Waals surface area contributed by atoms with Crippen LogP contribution in [0.2, 0.25) is 0 Å². The summed E-state index contributed by atoms with van der Waals surface area (Å²) in [6.07, 6.45) is -5.48. The predicted octanol–water partition coefficient (Wildman–Crippen LogP) is 8.37. The third-order valence-electron chi connectivity index (χ3n) is 8.32. The second-order valence-corrected chi connectivity index (χ2v) is 11.6. The Hall–Kier alpha value is -3.50. The van der Waals surface area contributed by atoms with Gasteiger partial charge in [0.2, 0.25) is 0 Å². The number of nitrogens with zero attached hydrogens (tertiary/aromatic N) is 4. The minimum absolute atomic E-state index is 0.140. The standard InChI is InChI=1S/C32H36F6N4O/c1-4-41(17-22-9-5-6-10-22)29-27(21(3)26-11-7-8-12-28(26)40-29)19-42(30-39-16-20(2)43-30)18-23-13-24(31(33,34)35)15-25(14-23)32(36,37)38/h7-8,11-15,20,22H,4-6,9-10,16-19H2,1-3H3. The van der Waals surface area contributed by atoms with Gasteiger partial charge < -0.3 is 14.5 Å². The van der Waals surface area contributed by atoms with Crippen LogP contribution >= 0.6 is 0 Å². The van der Waals surface area contributed by atoms with E-state index in [1.54, 1.807) is 4.90 Å². The maximum absolute atomic E-state index is 13.7. The lowest BCUT2D eigenvalue weighted by Gasteiger charge is -2.31. The van der Waals surface area contributed by atoms with E-state index < -0.39 is 23.5 Å². The summed E-state index contributed by atoms with van der Waals surface area (Å²) in [5.74, 6) is 1.30. The minimum Gasteiger partial charge on any atom is -0.460 e. The molecule has 3 aromatic rings. The summed E-state index contributed by atoms with van der Waals surface area (Å²) >= 11 is 0. The number of benzene rings is 2. The Kier molecular flexibility index (Phi) is 8.81. The molecule has 1 unspecified atom stereocenters. The zero-order chi connectivity index (χ0) is 30.9. The quantitative estimate of drug-likeness (QED) is 0.242. The molecular formula is C32H36F6N4O. The third kappa shape index (κ3) is 7.02. The molecule has 5 nitrogen and oxygen atoms in total. The van der Waals surface area contributed by atoms with Crippen LogP contribution in [0.1, 0.15) is 67.3 Å². The van der Waals surface area contributed by atoms with Crippen LogP contribution in [0.5, 0.6) is 0 Å². The van der Waals surface area contributed by atoms with Gasteiger partial charge in [-0.15, -0.1) is 0 Å². The van der Waals surface area contributed by atoms with Gasteiger partial charge in [-0.3, -0.25) is 0 Å². The number of para-hydroxylation sites is 1. The van der Waals surface area contributed by atoms with E-state index in [0.717, 1.165) is 59.4 Å². The highest BCUT2D eigenvalue weighted by molar-refractivity contribution is 5.86. The highest BCUT2D eigenvalue weighted by Crippen LogP contribution is 2.38. The average molecular weight is 607 g/mol. The summed E-state index contributed by atoms with van der Waals surface area (Å²) in [5, 5.41) is 0.930. The van der Waals surface area contributed by atoms with E-state index in [1.807, 2.05) is 38.1 Å². The predicted molar refractivity (Wildman–Crippen MR) is 155 cm³/mol. The summed E-state index contributed by atoms with van der Waals surface area (Å²) in [6.45, 7) is 7.60. The highest BCUT2D eigenvalue weighted by Gasteiger charge is 2.37. The number of anilines is 1. The van der Waals surface area contributed by atoms with Gasteiger partial charge in [-0.1, -0.05) is 31.0 Å². The van der Waals surface area contributed by atoms with Crippen LogP contribution < -0.4 is 4.90 Å². The fourth-order valence-electron chi connectivity index (χ4n) is 6.07. The van der Waals surface area contributed by atoms with Crippen molar-refractivity contribution in [3.8, 4) is 0 Å². The molecule has 0 bridgehead atoms. The lowest BCUT2D eigenvalue weighted by Crippen LogP contribution is -2.34. The summed E-state index contributed by atoms with van der Waals surface area (Å²) < 4.78 is 88.0. The van der Waals surface area contributed by atoms with Crippen LogP contribution in [0.3, 0.4) is 0 Å². The number of pyridine rings is 1. The second-order valence-electron chi connectivity index (χ2n) is 11.6. The molecule has 0 amide bonds. The number of aryl methyl sites for hydroxylation is 1. The molecule has 1 fully saturated rings. The number of hydrogen-bond acceptors (Lipinski definition) is 5. The maximum atomic E-state index is 13.7. The second kappa shape index (κ2) is 12.2. The monoisotopic (exact) mass is 606 g/mol. The van der Waals surface area contributed by atoms with E-state index in [4.69, 9.17) is 9.72 Å². The summed E-state index contributed by atoms with van der Waals surface area (Å²) in [6, 6.07) is 9.64. The van der Waals surface area contributed by atoms with E-state index >= 15 is 0 Å². The topological polar surface area (TPSA) is 41.0 Å². The number of alkyl halides is 6. The fraction of sp³-hybridized carbons (Fsp3) is 0.500. The Morgan fingerprint density at radius 3 is 2.14 bits per heavy atom. The number of amidine groups is 1. The fourth-order valence-corrected chi connectivity index (χ4v) is 6.07. The van der Waals surface area contributed by atoms with Gasteiger partial charge in [0.1, 0.15) is 11.9 Å². The molecule has 0 saturated heterocycles. The van der Waals surface area contributed by atoms with E-state index in [0.29, 0.717) is 19.0 Å².